The number of benzene rings is 2. The number of imidazole rings is 1. The maximum atomic E-state index is 5.56. The highest BCUT2D eigenvalue weighted by Crippen LogP contribution is 2.25. The monoisotopic (exact) mass is 418 g/mol. The number of hydrogen-bond donors (Lipinski definition) is 1. The average Bonchev–Trinajstić information content (AvgIpc) is 3.34. The number of H-pyrrole nitrogens is 1. The van der Waals surface area contributed by atoms with Crippen LogP contribution in [-0.2, 0) is 13.1 Å². The van der Waals surface area contributed by atoms with E-state index in [1.807, 2.05) is 24.3 Å². The first-order chi connectivity index (χ1) is 14.8. The molecule has 0 saturated carbocycles. The Morgan fingerprint density at radius 3 is 2.47 bits per heavy atom. The van der Waals surface area contributed by atoms with Gasteiger partial charge in [-0.2, -0.15) is 5.10 Å². The molecule has 154 valence electrons. The lowest BCUT2D eigenvalue weighted by atomic mass is 10.1. The van der Waals surface area contributed by atoms with Gasteiger partial charge in [0.15, 0.2) is 10.6 Å². The SMILES string of the molecule is S=c1[nH]nc(Cn2c(-c3ccccc3)nc3ccccc32)n1CCN1CCCCC1. The largest absolute Gasteiger partial charge is 0.316 e. The van der Waals surface area contributed by atoms with Gasteiger partial charge in [-0.3, -0.25) is 5.10 Å². The van der Waals surface area contributed by atoms with Gasteiger partial charge in [-0.25, -0.2) is 4.98 Å². The van der Waals surface area contributed by atoms with Gasteiger partial charge in [0.1, 0.15) is 5.82 Å². The molecule has 5 rings (SSSR count). The number of nitrogens with one attached hydrogen (secondary N) is 1. The molecule has 7 heteroatoms. The molecule has 0 bridgehead atoms. The number of piperidine rings is 1. The van der Waals surface area contributed by atoms with Crippen LogP contribution in [0.15, 0.2) is 54.6 Å². The van der Waals surface area contributed by atoms with Crippen molar-refractivity contribution in [3.63, 3.8) is 0 Å². The molecule has 0 spiro atoms. The lowest BCUT2D eigenvalue weighted by Gasteiger charge is -2.26. The molecule has 1 fully saturated rings. The molecule has 2 aromatic heterocycles. The van der Waals surface area contributed by atoms with Crippen molar-refractivity contribution in [2.45, 2.75) is 32.4 Å². The van der Waals surface area contributed by atoms with E-state index in [0.29, 0.717) is 11.3 Å². The predicted octanol–water partition coefficient (Wildman–Crippen LogP) is 4.49. The summed E-state index contributed by atoms with van der Waals surface area (Å²) < 4.78 is 5.08. The molecule has 1 aliphatic rings. The van der Waals surface area contributed by atoms with E-state index in [2.05, 4.69) is 54.6 Å². The highest BCUT2D eigenvalue weighted by Gasteiger charge is 2.17. The van der Waals surface area contributed by atoms with Crippen LogP contribution < -0.4 is 0 Å². The van der Waals surface area contributed by atoms with Gasteiger partial charge in [-0.15, -0.1) is 0 Å². The number of para-hydroxylation sites is 2. The molecule has 0 radical (unpaired) electrons. The second kappa shape index (κ2) is 8.53. The summed E-state index contributed by atoms with van der Waals surface area (Å²) >= 11 is 5.56. The fourth-order valence-corrected chi connectivity index (χ4v) is 4.55. The lowest BCUT2D eigenvalue weighted by molar-refractivity contribution is 0.219. The topological polar surface area (TPSA) is 54.7 Å². The van der Waals surface area contributed by atoms with Crippen LogP contribution >= 0.6 is 12.2 Å². The van der Waals surface area contributed by atoms with Crippen LogP contribution in [0.4, 0.5) is 0 Å². The molecule has 2 aromatic carbocycles. The molecule has 0 unspecified atom stereocenters. The molecule has 1 aliphatic heterocycles. The van der Waals surface area contributed by atoms with Crippen LogP contribution in [0.5, 0.6) is 0 Å². The predicted molar refractivity (Wildman–Crippen MR) is 122 cm³/mol. The van der Waals surface area contributed by atoms with Crippen LogP contribution in [0.2, 0.25) is 0 Å². The first-order valence-electron chi connectivity index (χ1n) is 10.7. The van der Waals surface area contributed by atoms with Crippen molar-refractivity contribution in [1.29, 1.82) is 0 Å². The summed E-state index contributed by atoms with van der Waals surface area (Å²) in [5.41, 5.74) is 3.20. The van der Waals surface area contributed by atoms with Crippen molar-refractivity contribution in [3.8, 4) is 11.4 Å². The minimum Gasteiger partial charge on any atom is -0.316 e. The molecular formula is C23H26N6S. The van der Waals surface area contributed by atoms with Crippen molar-refractivity contribution in [3.05, 3.63) is 65.2 Å². The van der Waals surface area contributed by atoms with Gasteiger partial charge in [-0.1, -0.05) is 48.9 Å². The molecule has 0 atom stereocenters. The number of nitrogens with zero attached hydrogens (tertiary/aromatic N) is 5. The van der Waals surface area contributed by atoms with Crippen molar-refractivity contribution >= 4 is 23.3 Å². The van der Waals surface area contributed by atoms with Gasteiger partial charge in [0.25, 0.3) is 0 Å². The van der Waals surface area contributed by atoms with E-state index in [4.69, 9.17) is 17.2 Å². The fraction of sp³-hybridized carbons (Fsp3) is 0.348. The summed E-state index contributed by atoms with van der Waals surface area (Å²) in [7, 11) is 0. The molecule has 30 heavy (non-hydrogen) atoms. The first kappa shape index (κ1) is 19.2. The van der Waals surface area contributed by atoms with Crippen LogP contribution in [-0.4, -0.2) is 48.8 Å². The third-order valence-electron chi connectivity index (χ3n) is 5.91. The van der Waals surface area contributed by atoms with Crippen molar-refractivity contribution in [2.75, 3.05) is 19.6 Å². The quantitative estimate of drug-likeness (QED) is 0.469. The number of aromatic amines is 1. The minimum atomic E-state index is 0.623. The Bertz CT molecular complexity index is 1180. The average molecular weight is 419 g/mol. The zero-order valence-corrected chi connectivity index (χ0v) is 17.8. The Hall–Kier alpha value is -2.77. The smallest absolute Gasteiger partial charge is 0.195 e. The number of rotatable bonds is 6. The Labute approximate surface area is 181 Å². The second-order valence-corrected chi connectivity index (χ2v) is 8.26. The molecule has 6 nitrogen and oxygen atoms in total. The first-order valence-corrected chi connectivity index (χ1v) is 11.1. The Morgan fingerprint density at radius 1 is 0.867 bits per heavy atom. The minimum absolute atomic E-state index is 0.623. The van der Waals surface area contributed by atoms with Crippen molar-refractivity contribution < 1.29 is 0 Å². The summed E-state index contributed by atoms with van der Waals surface area (Å²) in [6, 6.07) is 18.6. The van der Waals surface area contributed by atoms with Crippen LogP contribution in [0.1, 0.15) is 25.1 Å². The number of aromatic nitrogens is 5. The zero-order valence-electron chi connectivity index (χ0n) is 17.0. The lowest BCUT2D eigenvalue weighted by Crippen LogP contribution is -2.33. The highest BCUT2D eigenvalue weighted by molar-refractivity contribution is 7.71. The maximum absolute atomic E-state index is 5.56. The number of fused-ring (bicyclic) bond motifs is 1. The Morgan fingerprint density at radius 2 is 1.63 bits per heavy atom. The van der Waals surface area contributed by atoms with E-state index in [1.54, 1.807) is 0 Å². The zero-order chi connectivity index (χ0) is 20.3. The summed E-state index contributed by atoms with van der Waals surface area (Å²) in [4.78, 5) is 7.45. The van der Waals surface area contributed by atoms with E-state index in [1.165, 1.54) is 32.4 Å². The third-order valence-corrected chi connectivity index (χ3v) is 6.22. The maximum Gasteiger partial charge on any atom is 0.195 e. The van der Waals surface area contributed by atoms with Crippen molar-refractivity contribution in [2.24, 2.45) is 0 Å². The van der Waals surface area contributed by atoms with Gasteiger partial charge < -0.3 is 14.0 Å². The van der Waals surface area contributed by atoms with Crippen molar-refractivity contribution in [1.82, 2.24) is 29.2 Å². The second-order valence-electron chi connectivity index (χ2n) is 7.88. The normalized spacial score (nSPS) is 15.1. The van der Waals surface area contributed by atoms with E-state index < -0.39 is 0 Å². The van der Waals surface area contributed by atoms with Crippen LogP contribution in [0, 0.1) is 4.77 Å². The van der Waals surface area contributed by atoms with Gasteiger partial charge in [-0.05, 0) is 50.3 Å². The molecule has 0 aliphatic carbocycles. The van der Waals surface area contributed by atoms with E-state index in [-0.39, 0.29) is 0 Å². The molecule has 4 aromatic rings. The molecule has 1 saturated heterocycles. The summed E-state index contributed by atoms with van der Waals surface area (Å²) in [6.45, 7) is 4.86. The van der Waals surface area contributed by atoms with Crippen LogP contribution in [0.25, 0.3) is 22.4 Å². The Kier molecular flexibility index (Phi) is 5.46. The number of likely N-dealkylation sites (tertiary alicyclic amines) is 1. The van der Waals surface area contributed by atoms with Crippen LogP contribution in [0.3, 0.4) is 0 Å². The van der Waals surface area contributed by atoms with Gasteiger partial charge >= 0.3 is 0 Å². The summed E-state index contributed by atoms with van der Waals surface area (Å²) in [6.07, 6.45) is 3.94. The standard InChI is InChI=1S/C23H26N6S/c30-23-26-25-21(28(23)16-15-27-13-7-2-8-14-27)17-29-20-12-6-5-11-19(20)24-22(29)18-9-3-1-4-10-18/h1,3-6,9-12H,2,7-8,13-17H2,(H,26,30). The third kappa shape index (κ3) is 3.82. The van der Waals surface area contributed by atoms with Gasteiger partial charge in [0.05, 0.1) is 17.6 Å². The van der Waals surface area contributed by atoms with E-state index >= 15 is 0 Å². The molecule has 3 heterocycles. The number of hydrogen-bond acceptors (Lipinski definition) is 4. The van der Waals surface area contributed by atoms with E-state index in [0.717, 1.165) is 41.3 Å². The summed E-state index contributed by atoms with van der Waals surface area (Å²) in [5.74, 6) is 1.89. The molecule has 1 N–H and O–H groups in total. The fourth-order valence-electron chi connectivity index (χ4n) is 4.31. The highest BCUT2D eigenvalue weighted by atomic mass is 32.1. The van der Waals surface area contributed by atoms with E-state index in [9.17, 15) is 0 Å². The molecule has 0 amide bonds. The molecular weight excluding hydrogens is 392 g/mol. The Balaban J connectivity index is 1.48. The summed E-state index contributed by atoms with van der Waals surface area (Å²) in [5, 5.41) is 7.58. The van der Waals surface area contributed by atoms with Gasteiger partial charge in [0, 0.05) is 18.7 Å². The van der Waals surface area contributed by atoms with Gasteiger partial charge in [0.2, 0.25) is 0 Å².